The van der Waals surface area contributed by atoms with Gasteiger partial charge in [-0.2, -0.15) is 0 Å². The van der Waals surface area contributed by atoms with Crippen LogP contribution in [0.3, 0.4) is 0 Å². The van der Waals surface area contributed by atoms with Crippen molar-refractivity contribution < 1.29 is 14.2 Å². The standard InChI is InChI=1S/C14H17N3O3S2/c1-18-11-4-2-3-10(7-11)15-13-16-17-14(22-13)21-8-12-5-6-19-9-20-12/h2-4,7,12H,5-6,8-9H2,1H3,(H,15,16)/t12-/m1/s1. The summed E-state index contributed by atoms with van der Waals surface area (Å²) < 4.78 is 16.8. The maximum Gasteiger partial charge on any atom is 0.210 e. The molecule has 118 valence electrons. The number of nitrogens with zero attached hydrogens (tertiary/aromatic N) is 2. The second-order valence-electron chi connectivity index (χ2n) is 4.64. The Morgan fingerprint density at radius 3 is 3.23 bits per heavy atom. The zero-order chi connectivity index (χ0) is 15.2. The van der Waals surface area contributed by atoms with E-state index in [1.165, 1.54) is 11.3 Å². The van der Waals surface area contributed by atoms with Gasteiger partial charge in [0, 0.05) is 17.5 Å². The Kier molecular flexibility index (Phi) is 5.49. The van der Waals surface area contributed by atoms with Crippen LogP contribution in [-0.4, -0.2) is 42.6 Å². The highest BCUT2D eigenvalue weighted by Gasteiger charge is 2.15. The molecule has 1 saturated heterocycles. The van der Waals surface area contributed by atoms with Crippen LogP contribution < -0.4 is 10.1 Å². The first-order valence-corrected chi connectivity index (χ1v) is 8.70. The largest absolute Gasteiger partial charge is 0.497 e. The van der Waals surface area contributed by atoms with Crippen LogP contribution in [0.1, 0.15) is 6.42 Å². The van der Waals surface area contributed by atoms with Gasteiger partial charge in [-0.25, -0.2) is 0 Å². The highest BCUT2D eigenvalue weighted by Crippen LogP contribution is 2.29. The third kappa shape index (κ3) is 4.33. The Balaban J connectivity index is 1.54. The predicted molar refractivity (Wildman–Crippen MR) is 87.2 cm³/mol. The summed E-state index contributed by atoms with van der Waals surface area (Å²) in [5.74, 6) is 1.68. The molecule has 3 rings (SSSR count). The van der Waals surface area contributed by atoms with E-state index >= 15 is 0 Å². The Morgan fingerprint density at radius 1 is 1.45 bits per heavy atom. The molecule has 2 aromatic rings. The third-order valence-corrected chi connectivity index (χ3v) is 5.20. The molecule has 0 spiro atoms. The molecule has 22 heavy (non-hydrogen) atoms. The number of methoxy groups -OCH3 is 1. The van der Waals surface area contributed by atoms with Crippen LogP contribution in [0.4, 0.5) is 10.8 Å². The van der Waals surface area contributed by atoms with E-state index < -0.39 is 0 Å². The maximum atomic E-state index is 5.51. The van der Waals surface area contributed by atoms with Crippen molar-refractivity contribution >= 4 is 33.9 Å². The molecule has 1 aliphatic rings. The normalized spacial score (nSPS) is 18.1. The Labute approximate surface area is 137 Å². The molecule has 0 amide bonds. The van der Waals surface area contributed by atoms with E-state index in [4.69, 9.17) is 14.2 Å². The molecule has 1 aliphatic heterocycles. The Bertz CT molecular complexity index is 603. The first-order valence-electron chi connectivity index (χ1n) is 6.90. The number of ether oxygens (including phenoxy) is 3. The molecule has 2 heterocycles. The minimum atomic E-state index is 0.234. The summed E-state index contributed by atoms with van der Waals surface area (Å²) in [7, 11) is 1.65. The first kappa shape index (κ1) is 15.5. The lowest BCUT2D eigenvalue weighted by atomic mass is 10.3. The number of aromatic nitrogens is 2. The second kappa shape index (κ2) is 7.77. The number of rotatable bonds is 6. The molecular weight excluding hydrogens is 322 g/mol. The van der Waals surface area contributed by atoms with Crippen molar-refractivity contribution in [2.75, 3.05) is 31.6 Å². The minimum Gasteiger partial charge on any atom is -0.497 e. The molecule has 1 aromatic carbocycles. The van der Waals surface area contributed by atoms with E-state index in [1.807, 2.05) is 24.3 Å². The minimum absolute atomic E-state index is 0.234. The van der Waals surface area contributed by atoms with Gasteiger partial charge >= 0.3 is 0 Å². The number of hydrogen-bond donors (Lipinski definition) is 1. The molecule has 0 saturated carbocycles. The van der Waals surface area contributed by atoms with E-state index in [1.54, 1.807) is 18.9 Å². The van der Waals surface area contributed by atoms with Crippen molar-refractivity contribution in [3.05, 3.63) is 24.3 Å². The van der Waals surface area contributed by atoms with Crippen LogP contribution in [0, 0.1) is 0 Å². The average molecular weight is 339 g/mol. The first-order chi connectivity index (χ1) is 10.8. The van der Waals surface area contributed by atoms with E-state index in [2.05, 4.69) is 15.5 Å². The Morgan fingerprint density at radius 2 is 2.41 bits per heavy atom. The molecule has 1 N–H and O–H groups in total. The van der Waals surface area contributed by atoms with Crippen molar-refractivity contribution in [3.8, 4) is 5.75 Å². The summed E-state index contributed by atoms with van der Waals surface area (Å²) in [6, 6.07) is 7.72. The summed E-state index contributed by atoms with van der Waals surface area (Å²) >= 11 is 3.20. The molecule has 1 aromatic heterocycles. The van der Waals surface area contributed by atoms with Gasteiger partial charge in [0.1, 0.15) is 12.5 Å². The van der Waals surface area contributed by atoms with Crippen LogP contribution in [0.2, 0.25) is 0 Å². The lowest BCUT2D eigenvalue weighted by Gasteiger charge is -2.21. The van der Waals surface area contributed by atoms with Crippen molar-refractivity contribution in [2.45, 2.75) is 16.9 Å². The molecule has 8 heteroatoms. The molecule has 1 fully saturated rings. The SMILES string of the molecule is COc1cccc(Nc2nnc(SC[C@H]3CCOCO3)s2)c1. The van der Waals surface area contributed by atoms with Crippen LogP contribution in [0.15, 0.2) is 28.6 Å². The summed E-state index contributed by atoms with van der Waals surface area (Å²) in [5, 5.41) is 12.4. The highest BCUT2D eigenvalue weighted by molar-refractivity contribution is 8.01. The van der Waals surface area contributed by atoms with E-state index in [0.29, 0.717) is 6.79 Å². The van der Waals surface area contributed by atoms with Crippen LogP contribution in [0.5, 0.6) is 5.75 Å². The fourth-order valence-electron chi connectivity index (χ4n) is 1.94. The number of anilines is 2. The van der Waals surface area contributed by atoms with Gasteiger partial charge in [-0.3, -0.25) is 0 Å². The van der Waals surface area contributed by atoms with Gasteiger partial charge in [0.05, 0.1) is 19.8 Å². The molecule has 0 bridgehead atoms. The summed E-state index contributed by atoms with van der Waals surface area (Å²) in [5.41, 5.74) is 0.930. The van der Waals surface area contributed by atoms with Crippen molar-refractivity contribution in [3.63, 3.8) is 0 Å². The van der Waals surface area contributed by atoms with Crippen LogP contribution >= 0.6 is 23.1 Å². The Hall–Kier alpha value is -1.35. The summed E-state index contributed by atoms with van der Waals surface area (Å²) in [4.78, 5) is 0. The quantitative estimate of drug-likeness (QED) is 0.811. The fraction of sp³-hybridized carbons (Fsp3) is 0.429. The molecule has 0 unspecified atom stereocenters. The van der Waals surface area contributed by atoms with Gasteiger partial charge in [-0.1, -0.05) is 29.2 Å². The highest BCUT2D eigenvalue weighted by atomic mass is 32.2. The molecular formula is C14H17N3O3S2. The van der Waals surface area contributed by atoms with Gasteiger partial charge in [0.2, 0.25) is 5.13 Å². The van der Waals surface area contributed by atoms with Gasteiger partial charge in [-0.15, -0.1) is 10.2 Å². The fourth-order valence-corrected chi connectivity index (χ4v) is 3.80. The summed E-state index contributed by atoms with van der Waals surface area (Å²) in [6.07, 6.45) is 1.17. The lowest BCUT2D eigenvalue weighted by Crippen LogP contribution is -2.25. The lowest BCUT2D eigenvalue weighted by molar-refractivity contribution is -0.130. The van der Waals surface area contributed by atoms with E-state index in [-0.39, 0.29) is 6.10 Å². The summed E-state index contributed by atoms with van der Waals surface area (Å²) in [6.45, 7) is 1.16. The zero-order valence-electron chi connectivity index (χ0n) is 12.2. The van der Waals surface area contributed by atoms with Gasteiger partial charge in [-0.05, 0) is 18.6 Å². The zero-order valence-corrected chi connectivity index (χ0v) is 13.8. The van der Waals surface area contributed by atoms with E-state index in [9.17, 15) is 0 Å². The maximum absolute atomic E-state index is 5.51. The van der Waals surface area contributed by atoms with Gasteiger partial charge in [0.25, 0.3) is 0 Å². The predicted octanol–water partition coefficient (Wildman–Crippen LogP) is 3.15. The molecule has 0 aliphatic carbocycles. The third-order valence-electron chi connectivity index (χ3n) is 3.09. The number of hydrogen-bond acceptors (Lipinski definition) is 8. The van der Waals surface area contributed by atoms with Crippen molar-refractivity contribution in [2.24, 2.45) is 0 Å². The average Bonchev–Trinajstić information content (AvgIpc) is 3.01. The monoisotopic (exact) mass is 339 g/mol. The molecule has 1 atom stereocenters. The van der Waals surface area contributed by atoms with E-state index in [0.717, 1.165) is 39.7 Å². The van der Waals surface area contributed by atoms with Crippen LogP contribution in [-0.2, 0) is 9.47 Å². The molecule has 0 radical (unpaired) electrons. The number of thioether (sulfide) groups is 1. The van der Waals surface area contributed by atoms with Crippen molar-refractivity contribution in [1.29, 1.82) is 0 Å². The number of nitrogens with one attached hydrogen (secondary N) is 1. The van der Waals surface area contributed by atoms with Crippen molar-refractivity contribution in [1.82, 2.24) is 10.2 Å². The number of benzene rings is 1. The van der Waals surface area contributed by atoms with Gasteiger partial charge in [0.15, 0.2) is 4.34 Å². The smallest absolute Gasteiger partial charge is 0.210 e. The van der Waals surface area contributed by atoms with Crippen LogP contribution in [0.25, 0.3) is 0 Å². The second-order valence-corrected chi connectivity index (χ2v) is 6.89. The molecule has 6 nitrogen and oxygen atoms in total. The van der Waals surface area contributed by atoms with Gasteiger partial charge < -0.3 is 19.5 Å². The topological polar surface area (TPSA) is 65.5 Å².